The van der Waals surface area contributed by atoms with Crippen LogP contribution in [0, 0.1) is 0 Å². The van der Waals surface area contributed by atoms with Gasteiger partial charge in [-0.05, 0) is 38.8 Å². The molecule has 0 bridgehead atoms. The largest absolute Gasteiger partial charge is 0.366 e. The number of aliphatic hydroxyl groups excluding tert-OH is 1. The van der Waals surface area contributed by atoms with Crippen LogP contribution in [-0.2, 0) is 4.74 Å². The third-order valence-electron chi connectivity index (χ3n) is 1.50. The Kier molecular flexibility index (Phi) is 5.44. The van der Waals surface area contributed by atoms with Crippen LogP contribution in [0.15, 0.2) is 15.4 Å². The summed E-state index contributed by atoms with van der Waals surface area (Å²) in [7, 11) is 0. The number of rotatable bonds is 5. The normalized spacial score (nSPS) is 12.5. The first-order chi connectivity index (χ1) is 7.13. The van der Waals surface area contributed by atoms with E-state index >= 15 is 0 Å². The number of aromatic nitrogens is 2. The van der Waals surface area contributed by atoms with Crippen LogP contribution in [0.2, 0.25) is 0 Å². The van der Waals surface area contributed by atoms with Crippen molar-refractivity contribution in [2.75, 3.05) is 18.5 Å². The van der Waals surface area contributed by atoms with Gasteiger partial charge in [-0.2, -0.15) is 0 Å². The molecule has 84 valence electrons. The molecule has 0 aliphatic rings. The lowest BCUT2D eigenvalue weighted by atomic mass is 10.5. The second-order valence-corrected chi connectivity index (χ2v) is 4.19. The van der Waals surface area contributed by atoms with Crippen molar-refractivity contribution in [2.45, 2.75) is 13.2 Å². The van der Waals surface area contributed by atoms with E-state index in [1.165, 1.54) is 0 Å². The van der Waals surface area contributed by atoms with E-state index in [4.69, 9.17) is 4.74 Å². The van der Waals surface area contributed by atoms with Gasteiger partial charge in [-0.15, -0.1) is 0 Å². The number of hydrogen-bond acceptors (Lipinski definition) is 5. The van der Waals surface area contributed by atoms with Crippen LogP contribution < -0.4 is 5.32 Å². The van der Waals surface area contributed by atoms with Gasteiger partial charge in [0.15, 0.2) is 12.1 Å². The van der Waals surface area contributed by atoms with Crippen LogP contribution in [0.5, 0.6) is 0 Å². The Morgan fingerprint density at radius 2 is 2.33 bits per heavy atom. The van der Waals surface area contributed by atoms with Crippen molar-refractivity contribution < 1.29 is 9.84 Å². The summed E-state index contributed by atoms with van der Waals surface area (Å²) in [5, 5.41) is 12.2. The SMILES string of the molecule is CCOC(O)CNc1ncc(Br)nc1Br. The summed E-state index contributed by atoms with van der Waals surface area (Å²) >= 11 is 6.44. The molecule has 0 saturated carbocycles. The molecule has 2 N–H and O–H groups in total. The molecule has 1 atom stereocenters. The lowest BCUT2D eigenvalue weighted by Crippen LogP contribution is -2.23. The first-order valence-electron chi connectivity index (χ1n) is 4.35. The third-order valence-corrected chi connectivity index (χ3v) is 2.44. The Labute approximate surface area is 105 Å². The maximum absolute atomic E-state index is 9.30. The van der Waals surface area contributed by atoms with E-state index in [0.717, 1.165) is 0 Å². The Bertz CT molecular complexity index is 325. The zero-order valence-electron chi connectivity index (χ0n) is 8.07. The van der Waals surface area contributed by atoms with Crippen molar-refractivity contribution >= 4 is 37.7 Å². The Balaban J connectivity index is 2.50. The number of anilines is 1. The molecular formula is C8H11Br2N3O2. The first-order valence-corrected chi connectivity index (χ1v) is 5.93. The Morgan fingerprint density at radius 3 is 2.93 bits per heavy atom. The number of nitrogens with zero attached hydrogens (tertiary/aromatic N) is 2. The number of aliphatic hydroxyl groups is 1. The van der Waals surface area contributed by atoms with E-state index < -0.39 is 6.29 Å². The quantitative estimate of drug-likeness (QED) is 0.799. The summed E-state index contributed by atoms with van der Waals surface area (Å²) in [6.07, 6.45) is 0.729. The minimum Gasteiger partial charge on any atom is -0.366 e. The van der Waals surface area contributed by atoms with E-state index in [1.54, 1.807) is 6.20 Å². The maximum Gasteiger partial charge on any atom is 0.171 e. The van der Waals surface area contributed by atoms with Crippen LogP contribution in [0.25, 0.3) is 0 Å². The number of hydrogen-bond donors (Lipinski definition) is 2. The predicted molar refractivity (Wildman–Crippen MR) is 63.6 cm³/mol. The molecule has 1 rings (SSSR count). The van der Waals surface area contributed by atoms with Crippen molar-refractivity contribution in [3.8, 4) is 0 Å². The van der Waals surface area contributed by atoms with Gasteiger partial charge in [0.25, 0.3) is 0 Å². The van der Waals surface area contributed by atoms with E-state index in [2.05, 4.69) is 47.1 Å². The van der Waals surface area contributed by atoms with Gasteiger partial charge in [0.1, 0.15) is 9.21 Å². The van der Waals surface area contributed by atoms with Gasteiger partial charge in [-0.3, -0.25) is 0 Å². The second-order valence-electron chi connectivity index (χ2n) is 2.62. The summed E-state index contributed by atoms with van der Waals surface area (Å²) in [4.78, 5) is 8.16. The third kappa shape index (κ3) is 4.42. The molecule has 0 radical (unpaired) electrons. The fourth-order valence-electron chi connectivity index (χ4n) is 0.901. The summed E-state index contributed by atoms with van der Waals surface area (Å²) in [6.45, 7) is 2.55. The van der Waals surface area contributed by atoms with Gasteiger partial charge in [0.05, 0.1) is 12.7 Å². The molecule has 1 aromatic rings. The van der Waals surface area contributed by atoms with Crippen molar-refractivity contribution in [3.05, 3.63) is 15.4 Å². The minimum absolute atomic E-state index is 0.267. The molecule has 0 fully saturated rings. The van der Waals surface area contributed by atoms with Gasteiger partial charge in [-0.25, -0.2) is 9.97 Å². The first kappa shape index (κ1) is 12.8. The lowest BCUT2D eigenvalue weighted by Gasteiger charge is -2.12. The highest BCUT2D eigenvalue weighted by Gasteiger charge is 2.06. The van der Waals surface area contributed by atoms with Crippen LogP contribution in [0.4, 0.5) is 5.82 Å². The molecule has 7 heteroatoms. The minimum atomic E-state index is -0.840. The maximum atomic E-state index is 9.30. The van der Waals surface area contributed by atoms with E-state index in [-0.39, 0.29) is 6.54 Å². The van der Waals surface area contributed by atoms with E-state index in [0.29, 0.717) is 21.6 Å². The van der Waals surface area contributed by atoms with Crippen LogP contribution >= 0.6 is 31.9 Å². The highest BCUT2D eigenvalue weighted by molar-refractivity contribution is 9.11. The van der Waals surface area contributed by atoms with Gasteiger partial charge >= 0.3 is 0 Å². The van der Waals surface area contributed by atoms with Gasteiger partial charge < -0.3 is 15.2 Å². The number of nitrogens with one attached hydrogen (secondary N) is 1. The smallest absolute Gasteiger partial charge is 0.171 e. The molecule has 0 amide bonds. The van der Waals surface area contributed by atoms with E-state index in [1.807, 2.05) is 6.92 Å². The molecule has 1 heterocycles. The molecule has 0 aliphatic carbocycles. The molecule has 0 aromatic carbocycles. The predicted octanol–water partition coefficient (Wildman–Crippen LogP) is 1.77. The summed E-state index contributed by atoms with van der Waals surface area (Å²) in [5.74, 6) is 0.567. The Morgan fingerprint density at radius 1 is 1.60 bits per heavy atom. The molecule has 0 aliphatic heterocycles. The van der Waals surface area contributed by atoms with Gasteiger partial charge in [-0.1, -0.05) is 0 Å². The number of halogens is 2. The number of ether oxygens (including phenoxy) is 1. The summed E-state index contributed by atoms with van der Waals surface area (Å²) in [5.41, 5.74) is 0. The second kappa shape index (κ2) is 6.37. The molecule has 1 unspecified atom stereocenters. The molecule has 1 aromatic heterocycles. The van der Waals surface area contributed by atoms with Crippen molar-refractivity contribution in [1.29, 1.82) is 0 Å². The molecule has 5 nitrogen and oxygen atoms in total. The highest BCUT2D eigenvalue weighted by Crippen LogP contribution is 2.19. The average Bonchev–Trinajstić information content (AvgIpc) is 2.17. The zero-order valence-corrected chi connectivity index (χ0v) is 11.2. The van der Waals surface area contributed by atoms with Crippen LogP contribution in [0.1, 0.15) is 6.92 Å². The standard InChI is InChI=1S/C8H11Br2N3O2/c1-2-15-6(14)4-12-8-7(10)13-5(9)3-11-8/h3,6,14H,2,4H2,1H3,(H,11,12). The van der Waals surface area contributed by atoms with Gasteiger partial charge in [0.2, 0.25) is 0 Å². The molecule has 0 saturated heterocycles. The van der Waals surface area contributed by atoms with Crippen molar-refractivity contribution in [2.24, 2.45) is 0 Å². The highest BCUT2D eigenvalue weighted by atomic mass is 79.9. The topological polar surface area (TPSA) is 67.3 Å². The molecule has 15 heavy (non-hydrogen) atoms. The monoisotopic (exact) mass is 339 g/mol. The van der Waals surface area contributed by atoms with Crippen molar-refractivity contribution in [1.82, 2.24) is 9.97 Å². The fraction of sp³-hybridized carbons (Fsp3) is 0.500. The van der Waals surface area contributed by atoms with Crippen molar-refractivity contribution in [3.63, 3.8) is 0 Å². The summed E-state index contributed by atoms with van der Waals surface area (Å²) < 4.78 is 6.18. The van der Waals surface area contributed by atoms with Crippen LogP contribution in [0.3, 0.4) is 0 Å². The Hall–Kier alpha value is -0.240. The van der Waals surface area contributed by atoms with Gasteiger partial charge in [0, 0.05) is 6.61 Å². The summed E-state index contributed by atoms with van der Waals surface area (Å²) in [6, 6.07) is 0. The zero-order chi connectivity index (χ0) is 11.3. The molecular weight excluding hydrogens is 330 g/mol. The average molecular weight is 341 g/mol. The molecule has 0 spiro atoms. The fourth-order valence-corrected chi connectivity index (χ4v) is 1.85. The van der Waals surface area contributed by atoms with Crippen LogP contribution in [-0.4, -0.2) is 34.5 Å². The van der Waals surface area contributed by atoms with E-state index in [9.17, 15) is 5.11 Å². The lowest BCUT2D eigenvalue weighted by molar-refractivity contribution is -0.0838.